The molecule has 0 fully saturated rings. The summed E-state index contributed by atoms with van der Waals surface area (Å²) in [6, 6.07) is 13.9. The van der Waals surface area contributed by atoms with Crippen LogP contribution in [0.5, 0.6) is 0 Å². The number of benzene rings is 3. The lowest BCUT2D eigenvalue weighted by atomic mass is 10.1. The number of rotatable bonds is 15. The van der Waals surface area contributed by atoms with Gasteiger partial charge in [-0.1, -0.05) is 31.4 Å². The van der Waals surface area contributed by atoms with Crippen molar-refractivity contribution in [2.24, 2.45) is 4.99 Å². The number of nitrogens with one attached hydrogen (secondary N) is 5. The molecule has 0 aliphatic carbocycles. The predicted octanol–water partition coefficient (Wildman–Crippen LogP) is 5.12. The molecule has 0 aliphatic heterocycles. The van der Waals surface area contributed by atoms with E-state index < -0.39 is 47.4 Å². The largest absolute Gasteiger partial charge is 0.481 e. The van der Waals surface area contributed by atoms with Gasteiger partial charge in [0.05, 0.1) is 11.3 Å². The van der Waals surface area contributed by atoms with Crippen molar-refractivity contribution in [3.8, 4) is 0 Å². The van der Waals surface area contributed by atoms with Crippen LogP contribution in [0.25, 0.3) is 0 Å². The van der Waals surface area contributed by atoms with E-state index in [-0.39, 0.29) is 42.0 Å². The van der Waals surface area contributed by atoms with Gasteiger partial charge in [0.1, 0.15) is 12.7 Å². The van der Waals surface area contributed by atoms with E-state index in [0.717, 1.165) is 24.3 Å². The maximum absolute atomic E-state index is 13.0. The molecule has 0 bridgehead atoms. The topological polar surface area (TPSA) is 178 Å². The van der Waals surface area contributed by atoms with Crippen LogP contribution in [0.2, 0.25) is 0 Å². The smallest absolute Gasteiger partial charge is 0.416 e. The van der Waals surface area contributed by atoms with Crippen LogP contribution in [0.1, 0.15) is 44.7 Å². The lowest BCUT2D eigenvalue weighted by molar-refractivity contribution is -0.138. The van der Waals surface area contributed by atoms with Crippen molar-refractivity contribution in [2.45, 2.75) is 32.0 Å². The molecule has 3 aromatic rings. The fraction of sp³-hybridized carbons (Fsp3) is 0.176. The van der Waals surface area contributed by atoms with Gasteiger partial charge < -0.3 is 31.7 Å². The quantitative estimate of drug-likeness (QED) is 0.0954. The molecule has 15 heteroatoms. The molecule has 0 radical (unpaired) electrons. The van der Waals surface area contributed by atoms with E-state index in [1.165, 1.54) is 24.4 Å². The first-order chi connectivity index (χ1) is 23.2. The van der Waals surface area contributed by atoms with Crippen LogP contribution in [0.4, 0.5) is 30.2 Å². The highest BCUT2D eigenvalue weighted by Gasteiger charge is 2.31. The second-order valence-corrected chi connectivity index (χ2v) is 10.5. The third-order valence-electron chi connectivity index (χ3n) is 6.68. The number of alkyl halides is 3. The number of carboxylic acids is 1. The third kappa shape index (κ3) is 11.8. The van der Waals surface area contributed by atoms with Crippen LogP contribution in [0, 0.1) is 6.92 Å². The highest BCUT2D eigenvalue weighted by atomic mass is 19.4. The number of carbonyl (C=O) groups excluding carboxylic acids is 4. The molecule has 0 spiro atoms. The molecule has 6 N–H and O–H groups in total. The van der Waals surface area contributed by atoms with Gasteiger partial charge in [-0.05, 0) is 73.5 Å². The number of carbonyl (C=O) groups is 5. The Hall–Kier alpha value is -6.25. The first-order valence-electron chi connectivity index (χ1n) is 14.5. The average Bonchev–Trinajstić information content (AvgIpc) is 3.05. The predicted molar refractivity (Wildman–Crippen MR) is 178 cm³/mol. The molecular weight excluding hydrogens is 645 g/mol. The molecule has 4 amide bonds. The van der Waals surface area contributed by atoms with Crippen LogP contribution in [0.15, 0.2) is 96.7 Å². The number of aryl methyl sites for hydroxylation is 1. The number of anilines is 3. The van der Waals surface area contributed by atoms with Gasteiger partial charge in [0.15, 0.2) is 0 Å². The molecule has 0 aromatic heterocycles. The van der Waals surface area contributed by atoms with E-state index in [1.54, 1.807) is 37.3 Å². The second kappa shape index (κ2) is 17.1. The molecule has 3 rings (SSSR count). The molecule has 0 unspecified atom stereocenters. The minimum Gasteiger partial charge on any atom is -0.481 e. The highest BCUT2D eigenvalue weighted by Crippen LogP contribution is 2.29. The number of aliphatic carboxylic acids is 1. The minimum absolute atomic E-state index is 0.0407. The zero-order chi connectivity index (χ0) is 36.1. The Morgan fingerprint density at radius 2 is 1.61 bits per heavy atom. The zero-order valence-corrected chi connectivity index (χ0v) is 26.2. The summed E-state index contributed by atoms with van der Waals surface area (Å²) in [6.45, 7) is 8.79. The lowest BCUT2D eigenvalue weighted by Gasteiger charge is -2.17. The Labute approximate surface area is 279 Å². The van der Waals surface area contributed by atoms with E-state index in [0.29, 0.717) is 16.9 Å². The number of carboxylic acid groups (broad SMARTS) is 1. The summed E-state index contributed by atoms with van der Waals surface area (Å²) in [5, 5.41) is 22.1. The Morgan fingerprint density at radius 1 is 0.918 bits per heavy atom. The standard InChI is InChI=1S/C34H33F3N6O6/c1-4-29(44)43-28(13-14-30(45)46)33(49)42-25-10-6-9-24(16-25)39-19-38-18-21(3)40-32(48)27-17-26(12-11-20(27)2)41-31(47)22-7-5-8-23(15-22)34(35,36)37/h4-12,15-18,28,39H,1,3,13-14,19H2,2H3,(H,40,48)(H,41,47)(H,42,49)(H,43,44)(H,45,46)/t28-/m0/s1. The highest BCUT2D eigenvalue weighted by molar-refractivity contribution is 6.06. The van der Waals surface area contributed by atoms with Crippen LogP contribution in [-0.2, 0) is 20.6 Å². The van der Waals surface area contributed by atoms with E-state index >= 15 is 0 Å². The minimum atomic E-state index is -4.61. The lowest BCUT2D eigenvalue weighted by Crippen LogP contribution is -2.43. The van der Waals surface area contributed by atoms with Crippen molar-refractivity contribution >= 4 is 52.9 Å². The zero-order valence-electron chi connectivity index (χ0n) is 26.2. The first-order valence-corrected chi connectivity index (χ1v) is 14.5. The molecule has 256 valence electrons. The summed E-state index contributed by atoms with van der Waals surface area (Å²) in [6.07, 6.45) is -2.79. The summed E-state index contributed by atoms with van der Waals surface area (Å²) < 4.78 is 39.1. The van der Waals surface area contributed by atoms with Gasteiger partial charge in [0.25, 0.3) is 11.8 Å². The van der Waals surface area contributed by atoms with Crippen LogP contribution in [-0.4, -0.2) is 53.6 Å². The number of hydrogen-bond acceptors (Lipinski definition) is 7. The van der Waals surface area contributed by atoms with Crippen molar-refractivity contribution in [2.75, 3.05) is 22.6 Å². The Bertz CT molecular complexity index is 1790. The monoisotopic (exact) mass is 678 g/mol. The maximum atomic E-state index is 13.0. The summed E-state index contributed by atoms with van der Waals surface area (Å²) in [5.41, 5.74) is 0.832. The Morgan fingerprint density at radius 3 is 2.31 bits per heavy atom. The summed E-state index contributed by atoms with van der Waals surface area (Å²) in [5.74, 6) is -3.70. The fourth-order valence-electron chi connectivity index (χ4n) is 4.23. The number of amides is 4. The summed E-state index contributed by atoms with van der Waals surface area (Å²) in [7, 11) is 0. The number of halogens is 3. The summed E-state index contributed by atoms with van der Waals surface area (Å²) >= 11 is 0. The van der Waals surface area contributed by atoms with Gasteiger partial charge in [-0.2, -0.15) is 13.2 Å². The van der Waals surface area contributed by atoms with Gasteiger partial charge in [-0.3, -0.25) is 29.0 Å². The Balaban J connectivity index is 1.55. The molecular formula is C34H33F3N6O6. The van der Waals surface area contributed by atoms with Crippen LogP contribution < -0.4 is 26.6 Å². The second-order valence-electron chi connectivity index (χ2n) is 10.5. The molecule has 1 atom stereocenters. The van der Waals surface area contributed by atoms with Crippen LogP contribution in [0.3, 0.4) is 0 Å². The molecule has 0 saturated heterocycles. The number of allylic oxidation sites excluding steroid dienone is 1. The Kier molecular flexibility index (Phi) is 13.0. The van der Waals surface area contributed by atoms with Gasteiger partial charge in [-0.25, -0.2) is 0 Å². The van der Waals surface area contributed by atoms with E-state index in [9.17, 15) is 37.1 Å². The molecule has 12 nitrogen and oxygen atoms in total. The van der Waals surface area contributed by atoms with Crippen molar-refractivity contribution in [1.82, 2.24) is 10.6 Å². The molecule has 0 aliphatic rings. The van der Waals surface area contributed by atoms with Crippen molar-refractivity contribution in [1.29, 1.82) is 0 Å². The van der Waals surface area contributed by atoms with Gasteiger partial charge in [-0.15, -0.1) is 0 Å². The van der Waals surface area contributed by atoms with Gasteiger partial charge in [0.2, 0.25) is 11.8 Å². The van der Waals surface area contributed by atoms with Gasteiger partial charge >= 0.3 is 12.1 Å². The van der Waals surface area contributed by atoms with E-state index in [2.05, 4.69) is 44.7 Å². The number of nitrogens with zero attached hydrogens (tertiary/aromatic N) is 1. The molecule has 49 heavy (non-hydrogen) atoms. The third-order valence-corrected chi connectivity index (χ3v) is 6.68. The molecule has 0 heterocycles. The fourth-order valence-corrected chi connectivity index (χ4v) is 4.23. The van der Waals surface area contributed by atoms with Gasteiger partial charge in [0, 0.05) is 40.8 Å². The van der Waals surface area contributed by atoms with E-state index in [1.807, 2.05) is 0 Å². The maximum Gasteiger partial charge on any atom is 0.416 e. The van der Waals surface area contributed by atoms with Crippen molar-refractivity contribution < 1.29 is 42.3 Å². The number of hydrogen-bond donors (Lipinski definition) is 6. The summed E-state index contributed by atoms with van der Waals surface area (Å²) in [4.78, 5) is 65.1. The SMILES string of the molecule is C=CC(=O)N[C@@H](CCC(=O)O)C(=O)Nc1cccc(NCN=CC(=C)NC(=O)c2cc(NC(=O)c3cccc(C(F)(F)F)c3)ccc2C)c1. The normalized spacial score (nSPS) is 11.6. The molecule has 0 saturated carbocycles. The van der Waals surface area contributed by atoms with Crippen molar-refractivity contribution in [3.63, 3.8) is 0 Å². The number of aliphatic imine (C=N–C) groups is 1. The van der Waals surface area contributed by atoms with Crippen LogP contribution >= 0.6 is 0 Å². The van der Waals surface area contributed by atoms with Crippen molar-refractivity contribution in [3.05, 3.63) is 114 Å². The first kappa shape index (κ1) is 37.2. The van der Waals surface area contributed by atoms with E-state index in [4.69, 9.17) is 5.11 Å². The average molecular weight is 679 g/mol. The molecule has 3 aromatic carbocycles.